The number of hydrogen-bond acceptors (Lipinski definition) is 5. The number of esters is 1. The topological polar surface area (TPSA) is 76.1 Å². The Bertz CT molecular complexity index is 513. The van der Waals surface area contributed by atoms with E-state index in [-0.39, 0.29) is 23.8 Å². The lowest BCUT2D eigenvalue weighted by molar-refractivity contribution is -0.138. The largest absolute Gasteiger partial charge is 0.507 e. The number of amides is 1. The smallest absolute Gasteiger partial charge is 0.342 e. The number of carbonyl (C=O) groups is 2. The predicted molar refractivity (Wildman–Crippen MR) is 78.5 cm³/mol. The maximum absolute atomic E-state index is 11.8. The van der Waals surface area contributed by atoms with Gasteiger partial charge in [-0.25, -0.2) is 4.79 Å². The third-order valence-corrected chi connectivity index (χ3v) is 3.54. The Morgan fingerprint density at radius 3 is 2.75 bits per heavy atom. The molecule has 0 unspecified atom stereocenters. The number of benzene rings is 1. The Labute approximate surface area is 129 Å². The van der Waals surface area contributed by atoms with Crippen LogP contribution in [-0.2, 0) is 14.3 Å². The van der Waals surface area contributed by atoms with Gasteiger partial charge in [-0.2, -0.15) is 0 Å². The third-order valence-electron chi connectivity index (χ3n) is 2.87. The van der Waals surface area contributed by atoms with Crippen molar-refractivity contribution in [3.63, 3.8) is 0 Å². The zero-order valence-electron chi connectivity index (χ0n) is 10.7. The second kappa shape index (κ2) is 6.89. The summed E-state index contributed by atoms with van der Waals surface area (Å²) in [7, 11) is 0. The maximum Gasteiger partial charge on any atom is 0.342 e. The highest BCUT2D eigenvalue weighted by molar-refractivity contribution is 14.1. The number of rotatable bonds is 3. The van der Waals surface area contributed by atoms with E-state index in [9.17, 15) is 14.7 Å². The van der Waals surface area contributed by atoms with Gasteiger partial charge in [0.1, 0.15) is 11.3 Å². The van der Waals surface area contributed by atoms with Crippen LogP contribution in [0.25, 0.3) is 0 Å². The summed E-state index contributed by atoms with van der Waals surface area (Å²) in [4.78, 5) is 25.2. The number of ether oxygens (including phenoxy) is 2. The zero-order valence-corrected chi connectivity index (χ0v) is 12.8. The molecule has 6 nitrogen and oxygen atoms in total. The Morgan fingerprint density at radius 2 is 2.05 bits per heavy atom. The lowest BCUT2D eigenvalue weighted by Gasteiger charge is -2.26. The number of phenolic OH excluding ortho intramolecular Hbond substituents is 1. The summed E-state index contributed by atoms with van der Waals surface area (Å²) in [6, 6.07) is 4.60. The lowest BCUT2D eigenvalue weighted by Crippen LogP contribution is -2.42. The molecule has 1 aliphatic rings. The van der Waals surface area contributed by atoms with Crippen molar-refractivity contribution in [3.8, 4) is 5.75 Å². The van der Waals surface area contributed by atoms with E-state index in [1.165, 1.54) is 12.1 Å². The molecule has 1 aromatic rings. The Hall–Kier alpha value is -1.35. The molecule has 20 heavy (non-hydrogen) atoms. The minimum atomic E-state index is -0.706. The minimum Gasteiger partial charge on any atom is -0.507 e. The predicted octanol–water partition coefficient (Wildman–Crippen LogP) is 1.01. The monoisotopic (exact) mass is 391 g/mol. The van der Waals surface area contributed by atoms with Crippen molar-refractivity contribution in [1.82, 2.24) is 4.90 Å². The van der Waals surface area contributed by atoms with Gasteiger partial charge in [-0.05, 0) is 40.8 Å². The van der Waals surface area contributed by atoms with E-state index in [1.54, 1.807) is 11.0 Å². The van der Waals surface area contributed by atoms with E-state index in [0.717, 1.165) is 3.57 Å². The standard InChI is InChI=1S/C13H14INO5/c14-9-1-2-11(16)10(7-9)13(18)20-8-12(17)15-3-5-19-6-4-15/h1-2,7,16H,3-6,8H2. The summed E-state index contributed by atoms with van der Waals surface area (Å²) in [5, 5.41) is 9.60. The number of phenols is 1. The van der Waals surface area contributed by atoms with Crippen LogP contribution in [0.1, 0.15) is 10.4 Å². The quantitative estimate of drug-likeness (QED) is 0.615. The maximum atomic E-state index is 11.8. The molecule has 1 aliphatic heterocycles. The van der Waals surface area contributed by atoms with Crippen LogP contribution in [0.15, 0.2) is 18.2 Å². The van der Waals surface area contributed by atoms with Crippen LogP contribution in [0.4, 0.5) is 0 Å². The van der Waals surface area contributed by atoms with Crippen LogP contribution in [0.5, 0.6) is 5.75 Å². The van der Waals surface area contributed by atoms with Crippen molar-refractivity contribution in [2.24, 2.45) is 0 Å². The molecular weight excluding hydrogens is 377 g/mol. The van der Waals surface area contributed by atoms with Crippen LogP contribution < -0.4 is 0 Å². The third kappa shape index (κ3) is 3.83. The van der Waals surface area contributed by atoms with Gasteiger partial charge >= 0.3 is 5.97 Å². The van der Waals surface area contributed by atoms with Crippen molar-refractivity contribution in [2.45, 2.75) is 0 Å². The average molecular weight is 391 g/mol. The second-order valence-electron chi connectivity index (χ2n) is 4.23. The van der Waals surface area contributed by atoms with Gasteiger partial charge in [0.2, 0.25) is 0 Å². The first-order chi connectivity index (χ1) is 9.58. The van der Waals surface area contributed by atoms with Crippen LogP contribution >= 0.6 is 22.6 Å². The first-order valence-corrected chi connectivity index (χ1v) is 7.17. The van der Waals surface area contributed by atoms with Crippen molar-refractivity contribution < 1.29 is 24.2 Å². The SMILES string of the molecule is O=C(OCC(=O)N1CCOCC1)c1cc(I)ccc1O. The highest BCUT2D eigenvalue weighted by Gasteiger charge is 2.20. The first-order valence-electron chi connectivity index (χ1n) is 6.09. The Kier molecular flexibility index (Phi) is 5.18. The molecule has 0 spiro atoms. The van der Waals surface area contributed by atoms with Gasteiger partial charge in [0.25, 0.3) is 5.91 Å². The molecule has 1 saturated heterocycles. The molecule has 0 saturated carbocycles. The van der Waals surface area contributed by atoms with E-state index >= 15 is 0 Å². The Morgan fingerprint density at radius 1 is 1.35 bits per heavy atom. The molecule has 0 radical (unpaired) electrons. The minimum absolute atomic E-state index is 0.0617. The summed E-state index contributed by atoms with van der Waals surface area (Å²) < 4.78 is 10.9. The average Bonchev–Trinajstić information content (AvgIpc) is 2.47. The summed E-state index contributed by atoms with van der Waals surface area (Å²) in [5.74, 6) is -1.12. The highest BCUT2D eigenvalue weighted by atomic mass is 127. The Balaban J connectivity index is 1.91. The molecule has 0 aromatic heterocycles. The van der Waals surface area contributed by atoms with E-state index in [1.807, 2.05) is 22.6 Å². The number of nitrogens with zero attached hydrogens (tertiary/aromatic N) is 1. The molecule has 1 amide bonds. The van der Waals surface area contributed by atoms with Gasteiger partial charge < -0.3 is 19.5 Å². The second-order valence-corrected chi connectivity index (χ2v) is 5.48. The van der Waals surface area contributed by atoms with Crippen molar-refractivity contribution in [1.29, 1.82) is 0 Å². The summed E-state index contributed by atoms with van der Waals surface area (Å²) in [6.07, 6.45) is 0. The van der Waals surface area contributed by atoms with Crippen LogP contribution in [0.3, 0.4) is 0 Å². The fraction of sp³-hybridized carbons (Fsp3) is 0.385. The number of halogens is 1. The van der Waals surface area contributed by atoms with E-state index < -0.39 is 5.97 Å². The number of morpholine rings is 1. The number of carbonyl (C=O) groups excluding carboxylic acids is 2. The molecule has 7 heteroatoms. The lowest BCUT2D eigenvalue weighted by atomic mass is 10.2. The van der Waals surface area contributed by atoms with Crippen molar-refractivity contribution in [3.05, 3.63) is 27.3 Å². The van der Waals surface area contributed by atoms with E-state index in [2.05, 4.69) is 0 Å². The molecule has 1 fully saturated rings. The van der Waals surface area contributed by atoms with Gasteiger partial charge in [0.15, 0.2) is 6.61 Å². The number of hydrogen-bond donors (Lipinski definition) is 1. The first kappa shape index (κ1) is 15.0. The van der Waals surface area contributed by atoms with E-state index in [4.69, 9.17) is 9.47 Å². The molecule has 2 rings (SSSR count). The molecule has 108 valence electrons. The fourth-order valence-electron chi connectivity index (χ4n) is 1.78. The molecule has 1 aromatic carbocycles. The van der Waals surface area contributed by atoms with Gasteiger partial charge in [-0.1, -0.05) is 0 Å². The van der Waals surface area contributed by atoms with Crippen LogP contribution in [0.2, 0.25) is 0 Å². The highest BCUT2D eigenvalue weighted by Crippen LogP contribution is 2.20. The molecule has 0 atom stereocenters. The molecule has 0 aliphatic carbocycles. The molecule has 1 N–H and O–H groups in total. The van der Waals surface area contributed by atoms with Gasteiger partial charge in [0, 0.05) is 16.7 Å². The molecule has 0 bridgehead atoms. The fourth-order valence-corrected chi connectivity index (χ4v) is 2.27. The van der Waals surface area contributed by atoms with Gasteiger partial charge in [-0.3, -0.25) is 4.79 Å². The van der Waals surface area contributed by atoms with Crippen molar-refractivity contribution in [2.75, 3.05) is 32.9 Å². The van der Waals surface area contributed by atoms with Crippen LogP contribution in [0, 0.1) is 3.57 Å². The van der Waals surface area contributed by atoms with Crippen LogP contribution in [-0.4, -0.2) is 54.8 Å². The van der Waals surface area contributed by atoms with Crippen molar-refractivity contribution >= 4 is 34.5 Å². The molecule has 1 heterocycles. The van der Waals surface area contributed by atoms with Gasteiger partial charge in [0.05, 0.1) is 13.2 Å². The normalized spacial score (nSPS) is 14.9. The zero-order chi connectivity index (χ0) is 14.5. The summed E-state index contributed by atoms with van der Waals surface area (Å²) in [6.45, 7) is 1.67. The number of aromatic hydroxyl groups is 1. The summed E-state index contributed by atoms with van der Waals surface area (Å²) >= 11 is 2.02. The van der Waals surface area contributed by atoms with Gasteiger partial charge in [-0.15, -0.1) is 0 Å². The summed E-state index contributed by atoms with van der Waals surface area (Å²) in [5.41, 5.74) is 0.0617. The van der Waals surface area contributed by atoms with E-state index in [0.29, 0.717) is 26.3 Å². The molecular formula is C13H14INO5.